The zero-order valence-electron chi connectivity index (χ0n) is 13.6. The van der Waals surface area contributed by atoms with Gasteiger partial charge in [-0.15, -0.1) is 0 Å². The van der Waals surface area contributed by atoms with Crippen LogP contribution in [0, 0.1) is 6.92 Å². The van der Waals surface area contributed by atoms with Gasteiger partial charge in [-0.25, -0.2) is 4.98 Å². The van der Waals surface area contributed by atoms with Crippen LogP contribution in [0.5, 0.6) is 0 Å². The number of fused-ring (bicyclic) bond motifs is 1. The Morgan fingerprint density at radius 3 is 2.67 bits per heavy atom. The highest BCUT2D eigenvalue weighted by Crippen LogP contribution is 2.18. The molecule has 0 saturated carbocycles. The molecule has 5 heteroatoms. The maximum absolute atomic E-state index is 11.5. The van der Waals surface area contributed by atoms with Crippen LogP contribution in [-0.2, 0) is 11.5 Å². The number of ketones is 1. The molecule has 0 fully saturated rings. The zero-order valence-corrected chi connectivity index (χ0v) is 14.6. The van der Waals surface area contributed by atoms with Gasteiger partial charge in [0.25, 0.3) is 0 Å². The van der Waals surface area contributed by atoms with E-state index in [4.69, 9.17) is 4.74 Å². The van der Waals surface area contributed by atoms with Crippen molar-refractivity contribution in [2.24, 2.45) is 0 Å². The van der Waals surface area contributed by atoms with Crippen molar-refractivity contribution in [3.63, 3.8) is 0 Å². The van der Waals surface area contributed by atoms with Gasteiger partial charge in [0.05, 0.1) is 11.0 Å². The van der Waals surface area contributed by atoms with Crippen molar-refractivity contribution in [2.45, 2.75) is 46.3 Å². The number of ether oxygens (including phenoxy) is 1. The summed E-state index contributed by atoms with van der Waals surface area (Å²) in [6.07, 6.45) is 0. The Balaban J connectivity index is 2.16. The van der Waals surface area contributed by atoms with Gasteiger partial charge in [0.2, 0.25) is 0 Å². The van der Waals surface area contributed by atoms with Crippen molar-refractivity contribution in [3.8, 4) is 0 Å². The molecule has 2 aromatic rings. The molecule has 0 bridgehead atoms. The summed E-state index contributed by atoms with van der Waals surface area (Å²) in [4.78, 5) is 16.0. The Hall–Kier alpha value is -1.46. The highest BCUT2D eigenvalue weighted by molar-refractivity contribution is 6.76. The molecular formula is C16H24N2O2Si. The maximum Gasteiger partial charge on any atom is 0.159 e. The lowest BCUT2D eigenvalue weighted by atomic mass is 10.1. The van der Waals surface area contributed by atoms with Crippen molar-refractivity contribution >= 4 is 24.9 Å². The van der Waals surface area contributed by atoms with E-state index in [1.54, 1.807) is 6.92 Å². The molecule has 0 aliphatic heterocycles. The van der Waals surface area contributed by atoms with E-state index >= 15 is 0 Å². The van der Waals surface area contributed by atoms with Crippen LogP contribution in [0.4, 0.5) is 0 Å². The second kappa shape index (κ2) is 6.11. The molecular weight excluding hydrogens is 280 g/mol. The monoisotopic (exact) mass is 304 g/mol. The van der Waals surface area contributed by atoms with Crippen molar-refractivity contribution in [2.75, 3.05) is 6.61 Å². The van der Waals surface area contributed by atoms with E-state index in [0.29, 0.717) is 12.3 Å². The second-order valence-electron chi connectivity index (χ2n) is 6.69. The normalized spacial score (nSPS) is 12.0. The molecule has 21 heavy (non-hydrogen) atoms. The van der Waals surface area contributed by atoms with Gasteiger partial charge in [-0.2, -0.15) is 0 Å². The number of carbonyl (C=O) groups excluding carboxylic acids is 1. The number of imidazole rings is 1. The number of hydrogen-bond acceptors (Lipinski definition) is 3. The van der Waals surface area contributed by atoms with Crippen LogP contribution in [0.3, 0.4) is 0 Å². The zero-order chi connectivity index (χ0) is 15.6. The number of rotatable bonds is 6. The van der Waals surface area contributed by atoms with E-state index in [0.717, 1.165) is 29.5 Å². The summed E-state index contributed by atoms with van der Waals surface area (Å²) in [5, 5.41) is 0. The summed E-state index contributed by atoms with van der Waals surface area (Å²) in [5.74, 6) is 0.987. The van der Waals surface area contributed by atoms with E-state index in [1.165, 1.54) is 0 Å². The molecule has 0 spiro atoms. The third-order valence-electron chi connectivity index (χ3n) is 3.56. The fourth-order valence-electron chi connectivity index (χ4n) is 2.16. The van der Waals surface area contributed by atoms with Gasteiger partial charge in [-0.05, 0) is 38.1 Å². The minimum atomic E-state index is -1.06. The molecule has 0 unspecified atom stereocenters. The van der Waals surface area contributed by atoms with E-state index in [1.807, 2.05) is 29.7 Å². The van der Waals surface area contributed by atoms with E-state index in [2.05, 4.69) is 24.6 Å². The van der Waals surface area contributed by atoms with E-state index in [-0.39, 0.29) is 5.78 Å². The predicted octanol–water partition coefficient (Wildman–Crippen LogP) is 3.86. The fourth-order valence-corrected chi connectivity index (χ4v) is 2.92. The first kappa shape index (κ1) is 15.9. The molecule has 1 heterocycles. The Morgan fingerprint density at radius 1 is 1.33 bits per heavy atom. The predicted molar refractivity (Wildman–Crippen MR) is 88.6 cm³/mol. The molecule has 0 saturated heterocycles. The average Bonchev–Trinajstić information content (AvgIpc) is 2.68. The van der Waals surface area contributed by atoms with Gasteiger partial charge in [0.15, 0.2) is 5.78 Å². The number of hydrogen-bond donors (Lipinski definition) is 0. The van der Waals surface area contributed by atoms with Gasteiger partial charge in [0.1, 0.15) is 12.6 Å². The highest BCUT2D eigenvalue weighted by atomic mass is 28.3. The minimum Gasteiger partial charge on any atom is -0.361 e. The molecule has 1 aromatic heterocycles. The molecule has 2 rings (SSSR count). The first-order valence-electron chi connectivity index (χ1n) is 7.33. The number of nitrogens with zero attached hydrogens (tertiary/aromatic N) is 2. The Kier molecular flexibility index (Phi) is 4.63. The number of carbonyl (C=O) groups is 1. The standard InChI is InChI=1S/C16H24N2O2Si/c1-12(19)14-6-7-15-16(10-14)18(13(2)17-15)11-20-8-9-21(3,4)5/h6-7,10H,8-9,11H2,1-5H3. The number of aryl methyl sites for hydroxylation is 1. The fraction of sp³-hybridized carbons (Fsp3) is 0.500. The summed E-state index contributed by atoms with van der Waals surface area (Å²) in [5.41, 5.74) is 2.59. The summed E-state index contributed by atoms with van der Waals surface area (Å²) in [6.45, 7) is 11.8. The molecule has 0 N–H and O–H groups in total. The molecule has 0 aliphatic carbocycles. The van der Waals surface area contributed by atoms with Crippen LogP contribution < -0.4 is 0 Å². The molecule has 0 radical (unpaired) electrons. The molecule has 0 aliphatic rings. The molecule has 0 atom stereocenters. The van der Waals surface area contributed by atoms with E-state index < -0.39 is 8.07 Å². The lowest BCUT2D eigenvalue weighted by Gasteiger charge is -2.16. The highest BCUT2D eigenvalue weighted by Gasteiger charge is 2.13. The van der Waals surface area contributed by atoms with Crippen LogP contribution in [0.1, 0.15) is 23.1 Å². The van der Waals surface area contributed by atoms with Gasteiger partial charge in [0, 0.05) is 20.2 Å². The summed E-state index contributed by atoms with van der Waals surface area (Å²) < 4.78 is 7.85. The van der Waals surface area contributed by atoms with Crippen molar-refractivity contribution in [1.82, 2.24) is 9.55 Å². The van der Waals surface area contributed by atoms with Crippen molar-refractivity contribution < 1.29 is 9.53 Å². The lowest BCUT2D eigenvalue weighted by molar-refractivity contribution is 0.0884. The largest absolute Gasteiger partial charge is 0.361 e. The Bertz CT molecular complexity index is 656. The third-order valence-corrected chi connectivity index (χ3v) is 5.27. The Labute approximate surface area is 127 Å². The van der Waals surface area contributed by atoms with Gasteiger partial charge < -0.3 is 9.30 Å². The third kappa shape index (κ3) is 4.01. The van der Waals surface area contributed by atoms with Crippen LogP contribution >= 0.6 is 0 Å². The first-order chi connectivity index (χ1) is 9.78. The SMILES string of the molecule is CC(=O)c1ccc2nc(C)n(COCC[Si](C)(C)C)c2c1. The van der Waals surface area contributed by atoms with Gasteiger partial charge in [-0.1, -0.05) is 19.6 Å². The topological polar surface area (TPSA) is 44.1 Å². The summed E-state index contributed by atoms with van der Waals surface area (Å²) in [6, 6.07) is 6.78. The van der Waals surface area contributed by atoms with E-state index in [9.17, 15) is 4.79 Å². The summed E-state index contributed by atoms with van der Waals surface area (Å²) in [7, 11) is -1.06. The summed E-state index contributed by atoms with van der Waals surface area (Å²) >= 11 is 0. The number of aromatic nitrogens is 2. The quantitative estimate of drug-likeness (QED) is 0.462. The number of Topliss-reactive ketones (excluding diaryl/α,β-unsaturated/α-hetero) is 1. The van der Waals surface area contributed by atoms with Crippen molar-refractivity contribution in [1.29, 1.82) is 0 Å². The van der Waals surface area contributed by atoms with Gasteiger partial charge >= 0.3 is 0 Å². The molecule has 1 aromatic carbocycles. The number of benzene rings is 1. The van der Waals surface area contributed by atoms with Crippen LogP contribution in [0.2, 0.25) is 25.7 Å². The van der Waals surface area contributed by atoms with Crippen LogP contribution in [0.15, 0.2) is 18.2 Å². The molecule has 0 amide bonds. The molecule has 114 valence electrons. The van der Waals surface area contributed by atoms with Crippen LogP contribution in [-0.4, -0.2) is 30.0 Å². The second-order valence-corrected chi connectivity index (χ2v) is 12.3. The smallest absolute Gasteiger partial charge is 0.159 e. The van der Waals surface area contributed by atoms with Crippen LogP contribution in [0.25, 0.3) is 11.0 Å². The van der Waals surface area contributed by atoms with Crippen molar-refractivity contribution in [3.05, 3.63) is 29.6 Å². The first-order valence-corrected chi connectivity index (χ1v) is 11.0. The lowest BCUT2D eigenvalue weighted by Crippen LogP contribution is -2.22. The maximum atomic E-state index is 11.5. The average molecular weight is 304 g/mol. The Morgan fingerprint density at radius 2 is 2.05 bits per heavy atom. The molecule has 4 nitrogen and oxygen atoms in total. The van der Waals surface area contributed by atoms with Gasteiger partial charge in [-0.3, -0.25) is 4.79 Å². The minimum absolute atomic E-state index is 0.0713.